The lowest BCUT2D eigenvalue weighted by molar-refractivity contribution is 0.199. The van der Waals surface area contributed by atoms with Crippen LogP contribution in [0.3, 0.4) is 0 Å². The van der Waals surface area contributed by atoms with E-state index < -0.39 is 0 Å². The zero-order chi connectivity index (χ0) is 13.5. The number of nitrogens with one attached hydrogen (secondary N) is 1. The largest absolute Gasteiger partial charge is 0.383 e. The lowest BCUT2D eigenvalue weighted by Crippen LogP contribution is -2.20. The summed E-state index contributed by atoms with van der Waals surface area (Å²) < 4.78 is 7.09. The van der Waals surface area contributed by atoms with Gasteiger partial charge < -0.3 is 10.1 Å². The normalized spacial score (nSPS) is 11.3. The Kier molecular flexibility index (Phi) is 5.36. The molecule has 1 heterocycles. The monoisotopic (exact) mass is 261 g/mol. The van der Waals surface area contributed by atoms with Gasteiger partial charge in [-0.3, -0.25) is 4.68 Å². The molecule has 4 heteroatoms. The van der Waals surface area contributed by atoms with Gasteiger partial charge in [-0.25, -0.2) is 0 Å². The van der Waals surface area contributed by atoms with Gasteiger partial charge in [-0.05, 0) is 32.4 Å². The second-order valence-corrected chi connectivity index (χ2v) is 4.63. The Balaban J connectivity index is 1.93. The quantitative estimate of drug-likeness (QED) is 0.741. The van der Waals surface area contributed by atoms with E-state index in [0.717, 1.165) is 39.1 Å². The molecule has 0 radical (unpaired) electrons. The van der Waals surface area contributed by atoms with Crippen LogP contribution in [0.1, 0.15) is 19.0 Å². The minimum atomic E-state index is 0.771. The van der Waals surface area contributed by atoms with E-state index in [0.29, 0.717) is 0 Å². The third-order valence-electron chi connectivity index (χ3n) is 3.28. The van der Waals surface area contributed by atoms with E-state index in [1.54, 1.807) is 7.11 Å². The van der Waals surface area contributed by atoms with E-state index in [9.17, 15) is 0 Å². The molecule has 0 spiro atoms. The van der Waals surface area contributed by atoms with E-state index in [1.165, 1.54) is 16.6 Å². The smallest absolute Gasteiger partial charge is 0.0703 e. The molecule has 2 aromatic rings. The van der Waals surface area contributed by atoms with Crippen LogP contribution in [0.25, 0.3) is 10.9 Å². The summed E-state index contributed by atoms with van der Waals surface area (Å²) in [5, 5.41) is 9.36. The van der Waals surface area contributed by atoms with Crippen LogP contribution >= 0.6 is 0 Å². The summed E-state index contributed by atoms with van der Waals surface area (Å²) in [5.74, 6) is 0. The van der Waals surface area contributed by atoms with Gasteiger partial charge in [-0.15, -0.1) is 0 Å². The molecular formula is C15H23N3O. The van der Waals surface area contributed by atoms with Crippen molar-refractivity contribution in [3.05, 3.63) is 30.0 Å². The molecule has 104 valence electrons. The van der Waals surface area contributed by atoms with Crippen molar-refractivity contribution in [2.75, 3.05) is 26.8 Å². The zero-order valence-corrected chi connectivity index (χ0v) is 11.9. The average molecular weight is 261 g/mol. The molecule has 0 fully saturated rings. The van der Waals surface area contributed by atoms with Crippen molar-refractivity contribution in [1.29, 1.82) is 0 Å². The first-order valence-electron chi connectivity index (χ1n) is 7.01. The molecule has 2 rings (SSSR count). The summed E-state index contributed by atoms with van der Waals surface area (Å²) in [4.78, 5) is 0. The van der Waals surface area contributed by atoms with Gasteiger partial charge >= 0.3 is 0 Å². The van der Waals surface area contributed by atoms with Crippen molar-refractivity contribution in [3.63, 3.8) is 0 Å². The SMILES string of the molecule is CCn1nc(CCCNCCOC)c2ccccc21. The van der Waals surface area contributed by atoms with Crippen molar-refractivity contribution >= 4 is 10.9 Å². The van der Waals surface area contributed by atoms with E-state index in [1.807, 2.05) is 0 Å². The molecule has 1 aromatic carbocycles. The minimum absolute atomic E-state index is 0.771. The molecule has 1 N–H and O–H groups in total. The van der Waals surface area contributed by atoms with Gasteiger partial charge in [0.15, 0.2) is 0 Å². The summed E-state index contributed by atoms with van der Waals surface area (Å²) in [6, 6.07) is 8.48. The molecule has 0 saturated heterocycles. The first kappa shape index (κ1) is 14.0. The highest BCUT2D eigenvalue weighted by molar-refractivity contribution is 5.81. The lowest BCUT2D eigenvalue weighted by atomic mass is 10.1. The maximum absolute atomic E-state index is 5.00. The second-order valence-electron chi connectivity index (χ2n) is 4.63. The number of rotatable bonds is 8. The van der Waals surface area contributed by atoms with Crippen molar-refractivity contribution in [1.82, 2.24) is 15.1 Å². The van der Waals surface area contributed by atoms with Gasteiger partial charge in [0.1, 0.15) is 0 Å². The number of aryl methyl sites for hydroxylation is 2. The number of para-hydroxylation sites is 1. The molecule has 0 bridgehead atoms. The predicted molar refractivity (Wildman–Crippen MR) is 78.5 cm³/mol. The Morgan fingerprint density at radius 3 is 2.89 bits per heavy atom. The summed E-state index contributed by atoms with van der Waals surface area (Å²) in [6.07, 6.45) is 2.13. The number of aromatic nitrogens is 2. The molecule has 0 saturated carbocycles. The molecule has 0 unspecified atom stereocenters. The number of benzene rings is 1. The van der Waals surface area contributed by atoms with Crippen molar-refractivity contribution in [2.24, 2.45) is 0 Å². The van der Waals surface area contributed by atoms with Crippen LogP contribution in [-0.4, -0.2) is 36.6 Å². The lowest BCUT2D eigenvalue weighted by Gasteiger charge is -2.02. The van der Waals surface area contributed by atoms with Crippen molar-refractivity contribution in [2.45, 2.75) is 26.3 Å². The van der Waals surface area contributed by atoms with Gasteiger partial charge in [0.05, 0.1) is 17.8 Å². The number of fused-ring (bicyclic) bond motifs is 1. The van der Waals surface area contributed by atoms with Crippen LogP contribution in [-0.2, 0) is 17.7 Å². The number of hydrogen-bond donors (Lipinski definition) is 1. The zero-order valence-electron chi connectivity index (χ0n) is 11.9. The molecule has 0 aliphatic carbocycles. The van der Waals surface area contributed by atoms with Gasteiger partial charge in [-0.2, -0.15) is 5.10 Å². The molecule has 0 amide bonds. The molecule has 0 atom stereocenters. The molecule has 0 aliphatic heterocycles. The highest BCUT2D eigenvalue weighted by Gasteiger charge is 2.08. The third-order valence-corrected chi connectivity index (χ3v) is 3.28. The van der Waals surface area contributed by atoms with E-state index in [2.05, 4.69) is 41.2 Å². The first-order valence-corrected chi connectivity index (χ1v) is 7.01. The van der Waals surface area contributed by atoms with Crippen LogP contribution in [0.5, 0.6) is 0 Å². The fraction of sp³-hybridized carbons (Fsp3) is 0.533. The highest BCUT2D eigenvalue weighted by atomic mass is 16.5. The second kappa shape index (κ2) is 7.26. The number of hydrogen-bond acceptors (Lipinski definition) is 3. The highest BCUT2D eigenvalue weighted by Crippen LogP contribution is 2.19. The number of nitrogens with zero attached hydrogens (tertiary/aromatic N) is 2. The van der Waals surface area contributed by atoms with Crippen LogP contribution in [0, 0.1) is 0 Å². The van der Waals surface area contributed by atoms with Crippen LogP contribution < -0.4 is 5.32 Å². The molecular weight excluding hydrogens is 238 g/mol. The van der Waals surface area contributed by atoms with Gasteiger partial charge in [0.25, 0.3) is 0 Å². The fourth-order valence-corrected chi connectivity index (χ4v) is 2.30. The van der Waals surface area contributed by atoms with Crippen molar-refractivity contribution < 1.29 is 4.74 Å². The summed E-state index contributed by atoms with van der Waals surface area (Å²) in [7, 11) is 1.73. The topological polar surface area (TPSA) is 39.1 Å². The molecule has 0 aliphatic rings. The molecule has 1 aromatic heterocycles. The van der Waals surface area contributed by atoms with E-state index >= 15 is 0 Å². The maximum atomic E-state index is 5.00. The predicted octanol–water partition coefficient (Wildman–Crippen LogP) is 2.22. The molecule has 19 heavy (non-hydrogen) atoms. The van der Waals surface area contributed by atoms with Gasteiger partial charge in [0.2, 0.25) is 0 Å². The number of ether oxygens (including phenoxy) is 1. The third kappa shape index (κ3) is 3.55. The van der Waals surface area contributed by atoms with Crippen LogP contribution in [0.2, 0.25) is 0 Å². The standard InChI is InChI=1S/C15H23N3O/c1-3-18-15-9-5-4-7-13(15)14(17-18)8-6-10-16-11-12-19-2/h4-5,7,9,16H,3,6,8,10-12H2,1-2H3. The Hall–Kier alpha value is -1.39. The van der Waals surface area contributed by atoms with Gasteiger partial charge in [0, 0.05) is 25.6 Å². The Bertz CT molecular complexity index is 507. The minimum Gasteiger partial charge on any atom is -0.383 e. The summed E-state index contributed by atoms with van der Waals surface area (Å²) >= 11 is 0. The summed E-state index contributed by atoms with van der Waals surface area (Å²) in [5.41, 5.74) is 2.46. The van der Waals surface area contributed by atoms with Crippen LogP contribution in [0.4, 0.5) is 0 Å². The Labute approximate surface area is 114 Å². The van der Waals surface area contributed by atoms with Crippen LogP contribution in [0.15, 0.2) is 24.3 Å². The fourth-order valence-electron chi connectivity index (χ4n) is 2.30. The Morgan fingerprint density at radius 1 is 1.26 bits per heavy atom. The number of methoxy groups -OCH3 is 1. The maximum Gasteiger partial charge on any atom is 0.0703 e. The average Bonchev–Trinajstić information content (AvgIpc) is 2.81. The van der Waals surface area contributed by atoms with Crippen molar-refractivity contribution in [3.8, 4) is 0 Å². The van der Waals surface area contributed by atoms with E-state index in [4.69, 9.17) is 9.84 Å². The molecule has 4 nitrogen and oxygen atoms in total. The van der Waals surface area contributed by atoms with Gasteiger partial charge in [-0.1, -0.05) is 18.2 Å². The van der Waals surface area contributed by atoms with E-state index in [-0.39, 0.29) is 0 Å². The first-order chi connectivity index (χ1) is 9.36. The Morgan fingerprint density at radius 2 is 2.11 bits per heavy atom. The summed E-state index contributed by atoms with van der Waals surface area (Å²) in [6.45, 7) is 5.76.